The zero-order valence-corrected chi connectivity index (χ0v) is 15.0. The van der Waals surface area contributed by atoms with Gasteiger partial charge in [-0.2, -0.15) is 0 Å². The molecule has 0 atom stereocenters. The van der Waals surface area contributed by atoms with Crippen molar-refractivity contribution < 1.29 is 22.8 Å². The minimum atomic E-state index is -3.36. The first-order valence-electron chi connectivity index (χ1n) is 7.44. The first kappa shape index (κ1) is 18.2. The van der Waals surface area contributed by atoms with Gasteiger partial charge in [0.2, 0.25) is 0 Å². The number of hydrogen-bond acceptors (Lipinski definition) is 5. The molecule has 1 aromatic carbocycles. The molecule has 1 aliphatic rings. The molecule has 1 aliphatic heterocycles. The molecule has 0 aromatic heterocycles. The summed E-state index contributed by atoms with van der Waals surface area (Å²) in [4.78, 5) is 0.211. The summed E-state index contributed by atoms with van der Waals surface area (Å²) in [7, 11) is -4.07. The fourth-order valence-corrected chi connectivity index (χ4v) is 3.20. The van der Waals surface area contributed by atoms with Crippen LogP contribution in [0.1, 0.15) is 33.3 Å². The third-order valence-corrected chi connectivity index (χ3v) is 5.57. The van der Waals surface area contributed by atoms with Crippen molar-refractivity contribution in [3.05, 3.63) is 35.3 Å². The van der Waals surface area contributed by atoms with Crippen molar-refractivity contribution in [1.29, 1.82) is 0 Å². The third kappa shape index (κ3) is 3.69. The highest BCUT2D eigenvalue weighted by Crippen LogP contribution is 2.38. The summed E-state index contributed by atoms with van der Waals surface area (Å²) < 4.78 is 35.6. The Kier molecular flexibility index (Phi) is 4.79. The van der Waals surface area contributed by atoms with Gasteiger partial charge in [-0.25, -0.2) is 8.42 Å². The van der Waals surface area contributed by atoms with E-state index in [1.807, 2.05) is 27.7 Å². The van der Waals surface area contributed by atoms with Gasteiger partial charge in [0.25, 0.3) is 0 Å². The zero-order chi connectivity index (χ0) is 17.5. The third-order valence-electron chi connectivity index (χ3n) is 4.40. The first-order valence-corrected chi connectivity index (χ1v) is 9.33. The lowest BCUT2D eigenvalue weighted by atomic mass is 9.77. The van der Waals surface area contributed by atoms with Crippen LogP contribution in [0.25, 0.3) is 6.08 Å². The van der Waals surface area contributed by atoms with Gasteiger partial charge >= 0.3 is 7.12 Å². The van der Waals surface area contributed by atoms with Gasteiger partial charge in [-0.15, -0.1) is 0 Å². The molecule has 1 fully saturated rings. The van der Waals surface area contributed by atoms with E-state index in [9.17, 15) is 13.5 Å². The molecule has 1 heterocycles. The van der Waals surface area contributed by atoms with Gasteiger partial charge < -0.3 is 14.4 Å². The molecule has 0 bridgehead atoms. The standard InChI is InChI=1S/C16H23BO5S/c1-15(2)16(3,4)22-17(21-15)13(11-18)10-12-8-6-7-9-14(12)23(5,19)20/h6-10,18H,11H2,1-5H3. The zero-order valence-electron chi connectivity index (χ0n) is 14.2. The van der Waals surface area contributed by atoms with Crippen molar-refractivity contribution in [1.82, 2.24) is 0 Å². The minimum Gasteiger partial charge on any atom is -0.400 e. The Bertz CT molecular complexity index is 706. The predicted octanol–water partition coefficient (Wildman–Crippen LogP) is 2.10. The van der Waals surface area contributed by atoms with Crippen LogP contribution in [0.3, 0.4) is 0 Å². The van der Waals surface area contributed by atoms with Gasteiger partial charge in [-0.3, -0.25) is 0 Å². The number of aliphatic hydroxyl groups excluding tert-OH is 1. The van der Waals surface area contributed by atoms with E-state index < -0.39 is 28.2 Å². The summed E-state index contributed by atoms with van der Waals surface area (Å²) >= 11 is 0. The van der Waals surface area contributed by atoms with Gasteiger partial charge in [0.1, 0.15) is 0 Å². The van der Waals surface area contributed by atoms with Gasteiger partial charge in [-0.1, -0.05) is 24.3 Å². The molecule has 0 aliphatic carbocycles. The van der Waals surface area contributed by atoms with Crippen LogP contribution >= 0.6 is 0 Å². The van der Waals surface area contributed by atoms with E-state index in [2.05, 4.69) is 0 Å². The molecular formula is C16H23BO5S. The van der Waals surface area contributed by atoms with Crippen LogP contribution < -0.4 is 0 Å². The largest absolute Gasteiger partial charge is 0.492 e. The fourth-order valence-electron chi connectivity index (χ4n) is 2.32. The second-order valence-corrected chi connectivity index (χ2v) is 8.76. The van der Waals surface area contributed by atoms with E-state index in [0.717, 1.165) is 6.26 Å². The van der Waals surface area contributed by atoms with Crippen LogP contribution in [0.15, 0.2) is 34.6 Å². The maximum Gasteiger partial charge on any atom is 0.492 e. The molecule has 1 saturated heterocycles. The van der Waals surface area contributed by atoms with Gasteiger partial charge in [0.15, 0.2) is 9.84 Å². The van der Waals surface area contributed by atoms with Crippen LogP contribution in [0.4, 0.5) is 0 Å². The van der Waals surface area contributed by atoms with Crippen molar-refractivity contribution in [2.24, 2.45) is 0 Å². The maximum atomic E-state index is 11.9. The van der Waals surface area contributed by atoms with E-state index in [1.165, 1.54) is 0 Å². The number of sulfone groups is 1. The minimum absolute atomic E-state index is 0.211. The van der Waals surface area contributed by atoms with Crippen molar-refractivity contribution >= 4 is 23.0 Å². The average Bonchev–Trinajstić information content (AvgIpc) is 2.64. The van der Waals surface area contributed by atoms with Crippen LogP contribution in [0, 0.1) is 0 Å². The molecule has 0 spiro atoms. The van der Waals surface area contributed by atoms with Crippen molar-refractivity contribution in [2.75, 3.05) is 12.9 Å². The molecule has 1 aromatic rings. The number of aliphatic hydroxyl groups is 1. The van der Waals surface area contributed by atoms with E-state index in [1.54, 1.807) is 30.3 Å². The van der Waals surface area contributed by atoms with Crippen LogP contribution in [-0.2, 0) is 19.1 Å². The number of rotatable bonds is 4. The maximum absolute atomic E-state index is 11.9. The molecule has 0 radical (unpaired) electrons. The molecule has 0 amide bonds. The average molecular weight is 338 g/mol. The highest BCUT2D eigenvalue weighted by Gasteiger charge is 2.52. The topological polar surface area (TPSA) is 72.8 Å². The predicted molar refractivity (Wildman–Crippen MR) is 90.7 cm³/mol. The van der Waals surface area contributed by atoms with Crippen LogP contribution in [-0.4, -0.2) is 44.7 Å². The van der Waals surface area contributed by atoms with Crippen molar-refractivity contribution in [3.63, 3.8) is 0 Å². The second kappa shape index (κ2) is 6.05. The smallest absolute Gasteiger partial charge is 0.400 e. The number of hydrogen-bond donors (Lipinski definition) is 1. The van der Waals surface area contributed by atoms with Gasteiger partial charge in [0.05, 0.1) is 22.7 Å². The monoisotopic (exact) mass is 338 g/mol. The summed E-state index contributed by atoms with van der Waals surface area (Å²) in [5, 5.41) is 9.70. The quantitative estimate of drug-likeness (QED) is 0.851. The molecule has 7 heteroatoms. The van der Waals surface area contributed by atoms with E-state index in [0.29, 0.717) is 11.0 Å². The van der Waals surface area contributed by atoms with Gasteiger partial charge in [-0.05, 0) is 44.8 Å². The Morgan fingerprint density at radius 2 is 1.70 bits per heavy atom. The lowest BCUT2D eigenvalue weighted by Crippen LogP contribution is -2.41. The van der Waals surface area contributed by atoms with Crippen LogP contribution in [0.2, 0.25) is 0 Å². The summed E-state index contributed by atoms with van der Waals surface area (Å²) in [6.07, 6.45) is 2.78. The summed E-state index contributed by atoms with van der Waals surface area (Å²) in [6.45, 7) is 7.41. The number of benzene rings is 1. The molecule has 0 unspecified atom stereocenters. The first-order chi connectivity index (χ1) is 10.5. The Morgan fingerprint density at radius 3 is 2.17 bits per heavy atom. The lowest BCUT2D eigenvalue weighted by molar-refractivity contribution is 0.00578. The summed E-state index contributed by atoms with van der Waals surface area (Å²) in [6, 6.07) is 6.65. The Hall–Kier alpha value is -1.15. The highest BCUT2D eigenvalue weighted by molar-refractivity contribution is 7.90. The second-order valence-electron chi connectivity index (χ2n) is 6.78. The van der Waals surface area contributed by atoms with Crippen molar-refractivity contribution in [2.45, 2.75) is 43.8 Å². The van der Waals surface area contributed by atoms with E-state index >= 15 is 0 Å². The van der Waals surface area contributed by atoms with E-state index in [-0.39, 0.29) is 11.5 Å². The molecule has 2 rings (SSSR count). The van der Waals surface area contributed by atoms with E-state index in [4.69, 9.17) is 9.31 Å². The van der Waals surface area contributed by atoms with Crippen molar-refractivity contribution in [3.8, 4) is 0 Å². The fraction of sp³-hybridized carbons (Fsp3) is 0.500. The van der Waals surface area contributed by atoms with Crippen LogP contribution in [0.5, 0.6) is 0 Å². The molecule has 1 N–H and O–H groups in total. The molecule has 23 heavy (non-hydrogen) atoms. The molecular weight excluding hydrogens is 315 g/mol. The molecule has 5 nitrogen and oxygen atoms in total. The SMILES string of the molecule is CC1(C)OB(C(=Cc2ccccc2S(C)(=O)=O)CO)OC1(C)C. The Balaban J connectivity index is 2.43. The summed E-state index contributed by atoms with van der Waals surface area (Å²) in [5.74, 6) is 0. The molecule has 126 valence electrons. The lowest BCUT2D eigenvalue weighted by Gasteiger charge is -2.32. The Labute approximate surface area is 138 Å². The van der Waals surface area contributed by atoms with Gasteiger partial charge in [0, 0.05) is 6.26 Å². The highest BCUT2D eigenvalue weighted by atomic mass is 32.2. The molecule has 0 saturated carbocycles. The normalized spacial score (nSPS) is 20.8. The Morgan fingerprint density at radius 1 is 1.17 bits per heavy atom. The summed E-state index contributed by atoms with van der Waals surface area (Å²) in [5.41, 5.74) is -0.0570.